The quantitative estimate of drug-likeness (QED) is 0.790. The van der Waals surface area contributed by atoms with E-state index in [1.54, 1.807) is 23.1 Å². The summed E-state index contributed by atoms with van der Waals surface area (Å²) in [6.07, 6.45) is 0. The van der Waals surface area contributed by atoms with Crippen molar-refractivity contribution in [2.75, 3.05) is 37.7 Å². The lowest BCUT2D eigenvalue weighted by Crippen LogP contribution is -2.50. The molecule has 0 unspecified atom stereocenters. The zero-order chi connectivity index (χ0) is 19.2. The molecule has 3 rings (SSSR count). The number of piperazine rings is 1. The fourth-order valence-electron chi connectivity index (χ4n) is 3.04. The lowest BCUT2D eigenvalue weighted by Gasteiger charge is -2.36. The number of amides is 1. The zero-order valence-electron chi connectivity index (χ0n) is 14.7. The number of carbonyl (C=O) groups is 1. The van der Waals surface area contributed by atoms with Crippen LogP contribution < -0.4 is 4.90 Å². The molecule has 0 aromatic heterocycles. The summed E-state index contributed by atoms with van der Waals surface area (Å²) in [6.45, 7) is 2.32. The minimum Gasteiger partial charge on any atom is -0.367 e. The summed E-state index contributed by atoms with van der Waals surface area (Å²) in [5, 5.41) is 9.79. The van der Waals surface area contributed by atoms with E-state index >= 15 is 0 Å². The zero-order valence-corrected chi connectivity index (χ0v) is 15.5. The van der Waals surface area contributed by atoms with Crippen LogP contribution in [0.25, 0.3) is 0 Å². The summed E-state index contributed by atoms with van der Waals surface area (Å²) in [5.74, 6) is -0.622. The van der Waals surface area contributed by atoms with Gasteiger partial charge in [0, 0.05) is 31.2 Å². The van der Waals surface area contributed by atoms with Gasteiger partial charge in [0.25, 0.3) is 0 Å². The molecule has 0 atom stereocenters. The molecular weight excluding hydrogens is 369 g/mol. The summed E-state index contributed by atoms with van der Waals surface area (Å²) in [7, 11) is 0. The van der Waals surface area contributed by atoms with Gasteiger partial charge in [-0.2, -0.15) is 5.26 Å². The molecule has 1 aliphatic rings. The summed E-state index contributed by atoms with van der Waals surface area (Å²) in [5.41, 5.74) is 1.45. The van der Waals surface area contributed by atoms with Crippen molar-refractivity contribution in [2.24, 2.45) is 0 Å². The fourth-order valence-corrected chi connectivity index (χ4v) is 3.23. The van der Waals surface area contributed by atoms with Crippen molar-refractivity contribution in [3.05, 3.63) is 64.4 Å². The van der Waals surface area contributed by atoms with Gasteiger partial charge in [-0.1, -0.05) is 35.9 Å². The molecule has 0 spiro atoms. The Labute approximate surface area is 162 Å². The van der Waals surface area contributed by atoms with Crippen LogP contribution in [0.1, 0.15) is 11.1 Å². The van der Waals surface area contributed by atoms with E-state index < -0.39 is 5.82 Å². The highest BCUT2D eigenvalue weighted by Crippen LogP contribution is 2.23. The first-order valence-electron chi connectivity index (χ1n) is 8.62. The summed E-state index contributed by atoms with van der Waals surface area (Å²) in [6, 6.07) is 13.9. The summed E-state index contributed by atoms with van der Waals surface area (Å²) >= 11 is 6.07. The molecule has 1 heterocycles. The van der Waals surface area contributed by atoms with Crippen LogP contribution in [0.2, 0.25) is 5.02 Å². The lowest BCUT2D eigenvalue weighted by atomic mass is 10.1. The average Bonchev–Trinajstić information content (AvgIpc) is 2.69. The first-order valence-corrected chi connectivity index (χ1v) is 9.00. The normalized spacial score (nSPS) is 14.1. The van der Waals surface area contributed by atoms with Crippen LogP contribution in [0.3, 0.4) is 0 Å². The first kappa shape index (κ1) is 19.2. The highest BCUT2D eigenvalue weighted by atomic mass is 35.5. The third kappa shape index (κ3) is 4.57. The average molecular weight is 388 g/mol. The van der Waals surface area contributed by atoms with Crippen LogP contribution in [0.15, 0.2) is 42.5 Å². The maximum absolute atomic E-state index is 13.8. The lowest BCUT2D eigenvalue weighted by molar-refractivity contribution is -0.136. The predicted molar refractivity (Wildman–Crippen MR) is 101 cm³/mol. The number of carbonyl (C=O) groups excluding carboxylic acids is 1. The largest absolute Gasteiger partial charge is 0.367 e. The van der Waals surface area contributed by atoms with Crippen LogP contribution in [0, 0.1) is 17.1 Å². The van der Waals surface area contributed by atoms with Gasteiger partial charge in [0.15, 0.2) is 0 Å². The molecule has 140 valence electrons. The molecule has 0 saturated carbocycles. The molecule has 1 fully saturated rings. The molecule has 0 aliphatic carbocycles. The van der Waals surface area contributed by atoms with Crippen molar-refractivity contribution in [1.82, 2.24) is 4.90 Å². The van der Waals surface area contributed by atoms with Gasteiger partial charge in [0.05, 0.1) is 12.3 Å². The number of hydrogen-bond acceptors (Lipinski definition) is 4. The smallest absolute Gasteiger partial charge is 0.248 e. The van der Waals surface area contributed by atoms with E-state index in [0.29, 0.717) is 36.9 Å². The number of ether oxygens (including phenoxy) is 1. The van der Waals surface area contributed by atoms with E-state index in [2.05, 4.69) is 0 Å². The topological polar surface area (TPSA) is 56.6 Å². The van der Waals surface area contributed by atoms with Gasteiger partial charge in [-0.05, 0) is 23.8 Å². The van der Waals surface area contributed by atoms with Gasteiger partial charge in [-0.3, -0.25) is 4.79 Å². The minimum absolute atomic E-state index is 0.0192. The van der Waals surface area contributed by atoms with E-state index in [0.717, 1.165) is 5.56 Å². The molecule has 2 aromatic carbocycles. The van der Waals surface area contributed by atoms with Crippen molar-refractivity contribution < 1.29 is 13.9 Å². The number of benzene rings is 2. The minimum atomic E-state index is -0.526. The van der Waals surface area contributed by atoms with Crippen LogP contribution in [-0.2, 0) is 16.1 Å². The van der Waals surface area contributed by atoms with E-state index in [1.165, 1.54) is 6.07 Å². The van der Waals surface area contributed by atoms with Crippen molar-refractivity contribution in [2.45, 2.75) is 6.61 Å². The highest BCUT2D eigenvalue weighted by Gasteiger charge is 2.23. The Kier molecular flexibility index (Phi) is 6.28. The molecule has 1 saturated heterocycles. The molecule has 27 heavy (non-hydrogen) atoms. The maximum Gasteiger partial charge on any atom is 0.248 e. The number of anilines is 1. The molecule has 0 bridgehead atoms. The van der Waals surface area contributed by atoms with Crippen LogP contribution in [-0.4, -0.2) is 43.6 Å². The number of hydrogen-bond donors (Lipinski definition) is 0. The maximum atomic E-state index is 13.8. The van der Waals surface area contributed by atoms with Gasteiger partial charge in [0.1, 0.15) is 24.1 Å². The van der Waals surface area contributed by atoms with Crippen molar-refractivity contribution in [1.29, 1.82) is 5.26 Å². The Balaban J connectivity index is 1.50. The second kappa shape index (κ2) is 8.85. The Morgan fingerprint density at radius 2 is 1.89 bits per heavy atom. The molecule has 1 amide bonds. The third-order valence-electron chi connectivity index (χ3n) is 4.52. The van der Waals surface area contributed by atoms with Gasteiger partial charge >= 0.3 is 0 Å². The SMILES string of the molecule is N#Cc1c(F)cccc1N1CCN(C(=O)COCc2ccccc2Cl)CC1. The fraction of sp³-hybridized carbons (Fsp3) is 0.300. The van der Waals surface area contributed by atoms with Crippen molar-refractivity contribution in [3.8, 4) is 6.07 Å². The van der Waals surface area contributed by atoms with Gasteiger partial charge < -0.3 is 14.5 Å². The summed E-state index contributed by atoms with van der Waals surface area (Å²) in [4.78, 5) is 16.0. The van der Waals surface area contributed by atoms with Crippen LogP contribution in [0.4, 0.5) is 10.1 Å². The van der Waals surface area contributed by atoms with Crippen molar-refractivity contribution >= 4 is 23.2 Å². The third-order valence-corrected chi connectivity index (χ3v) is 4.89. The van der Waals surface area contributed by atoms with Crippen molar-refractivity contribution in [3.63, 3.8) is 0 Å². The van der Waals surface area contributed by atoms with Gasteiger partial charge in [-0.25, -0.2) is 4.39 Å². The Bertz CT molecular complexity index is 861. The molecule has 0 N–H and O–H groups in total. The first-order chi connectivity index (χ1) is 13.1. The standard InChI is InChI=1S/C20H19ClFN3O2/c21-17-5-2-1-4-15(17)13-27-14-20(26)25-10-8-24(9-11-25)19-7-3-6-18(22)16(19)12-23/h1-7H,8-11,13-14H2. The Morgan fingerprint density at radius 3 is 2.59 bits per heavy atom. The number of halogens is 2. The van der Waals surface area contributed by atoms with Crippen LogP contribution >= 0.6 is 11.6 Å². The molecule has 2 aromatic rings. The predicted octanol–water partition coefficient (Wildman–Crippen LogP) is 3.22. The number of nitrogens with zero attached hydrogens (tertiary/aromatic N) is 3. The second-order valence-electron chi connectivity index (χ2n) is 6.20. The van der Waals surface area contributed by atoms with Crippen LogP contribution in [0.5, 0.6) is 0 Å². The van der Waals surface area contributed by atoms with Gasteiger partial charge in [-0.15, -0.1) is 0 Å². The van der Waals surface area contributed by atoms with E-state index in [9.17, 15) is 14.4 Å². The second-order valence-corrected chi connectivity index (χ2v) is 6.61. The monoisotopic (exact) mass is 387 g/mol. The Hall–Kier alpha value is -2.62. The van der Waals surface area contributed by atoms with E-state index in [-0.39, 0.29) is 24.7 Å². The van der Waals surface area contributed by atoms with Gasteiger partial charge in [0.2, 0.25) is 5.91 Å². The summed E-state index contributed by atoms with van der Waals surface area (Å²) < 4.78 is 19.3. The van der Waals surface area contributed by atoms with E-state index in [1.807, 2.05) is 29.2 Å². The molecule has 7 heteroatoms. The molecule has 5 nitrogen and oxygen atoms in total. The highest BCUT2D eigenvalue weighted by molar-refractivity contribution is 6.31. The number of rotatable bonds is 5. The number of nitriles is 1. The molecule has 1 aliphatic heterocycles. The Morgan fingerprint density at radius 1 is 1.15 bits per heavy atom. The molecular formula is C20H19ClFN3O2. The van der Waals surface area contributed by atoms with E-state index in [4.69, 9.17) is 16.3 Å². The molecule has 0 radical (unpaired) electrons.